The van der Waals surface area contributed by atoms with Crippen LogP contribution >= 0.6 is 11.8 Å². The van der Waals surface area contributed by atoms with Gasteiger partial charge in [0, 0.05) is 11.3 Å². The smallest absolute Gasteiger partial charge is 0.277 e. The molecule has 1 aromatic heterocycles. The molecule has 0 bridgehead atoms. The number of nitrogens with one attached hydrogen (secondary N) is 1. The van der Waals surface area contributed by atoms with Gasteiger partial charge in [-0.25, -0.2) is 0 Å². The lowest BCUT2D eigenvalue weighted by Gasteiger charge is -2.05. The third kappa shape index (κ3) is 4.73. The van der Waals surface area contributed by atoms with E-state index in [1.54, 1.807) is 37.4 Å². The summed E-state index contributed by atoms with van der Waals surface area (Å²) in [6.45, 7) is 1.48. The maximum absolute atomic E-state index is 12.1. The van der Waals surface area contributed by atoms with Gasteiger partial charge in [0.15, 0.2) is 5.78 Å². The number of carbonyl (C=O) groups excluding carboxylic acids is 2. The summed E-state index contributed by atoms with van der Waals surface area (Å²) in [6, 6.07) is 14.1. The predicted octanol–water partition coefficient (Wildman–Crippen LogP) is 3.68. The van der Waals surface area contributed by atoms with Gasteiger partial charge >= 0.3 is 0 Å². The van der Waals surface area contributed by atoms with Crippen LogP contribution in [0.25, 0.3) is 11.5 Å². The number of rotatable bonds is 7. The summed E-state index contributed by atoms with van der Waals surface area (Å²) in [5.41, 5.74) is 1.79. The second kappa shape index (κ2) is 8.50. The van der Waals surface area contributed by atoms with Crippen LogP contribution in [0.5, 0.6) is 5.75 Å². The third-order valence-electron chi connectivity index (χ3n) is 3.62. The van der Waals surface area contributed by atoms with Crippen molar-refractivity contribution in [1.82, 2.24) is 10.2 Å². The Morgan fingerprint density at radius 1 is 1.15 bits per heavy atom. The van der Waals surface area contributed by atoms with Gasteiger partial charge in [-0.05, 0) is 31.2 Å². The van der Waals surface area contributed by atoms with Crippen molar-refractivity contribution in [2.75, 3.05) is 18.2 Å². The van der Waals surface area contributed by atoms with E-state index in [4.69, 9.17) is 9.15 Å². The second-order valence-corrected chi connectivity index (χ2v) is 6.47. The van der Waals surface area contributed by atoms with Gasteiger partial charge in [-0.1, -0.05) is 36.0 Å². The Bertz CT molecular complexity index is 971. The Labute approximate surface area is 160 Å². The molecule has 0 fully saturated rings. The number of carbonyl (C=O) groups is 2. The first-order valence-electron chi connectivity index (χ1n) is 8.07. The monoisotopic (exact) mass is 383 g/mol. The maximum atomic E-state index is 12.1. The summed E-state index contributed by atoms with van der Waals surface area (Å²) in [5.74, 6) is 0.746. The normalized spacial score (nSPS) is 10.4. The van der Waals surface area contributed by atoms with Gasteiger partial charge in [0.1, 0.15) is 5.75 Å². The van der Waals surface area contributed by atoms with Crippen LogP contribution < -0.4 is 10.1 Å². The number of Topliss-reactive ketones (excluding diaryl/α,β-unsaturated/α-hetero) is 1. The van der Waals surface area contributed by atoms with Crippen LogP contribution in [0.3, 0.4) is 0 Å². The van der Waals surface area contributed by atoms with Crippen molar-refractivity contribution in [1.29, 1.82) is 0 Å². The Kier molecular flexibility index (Phi) is 5.87. The highest BCUT2D eigenvalue weighted by Crippen LogP contribution is 2.30. The fourth-order valence-corrected chi connectivity index (χ4v) is 2.90. The summed E-state index contributed by atoms with van der Waals surface area (Å²) in [5, 5.41) is 11.0. The van der Waals surface area contributed by atoms with Crippen LogP contribution in [-0.4, -0.2) is 34.8 Å². The van der Waals surface area contributed by atoms with Gasteiger partial charge in [0.2, 0.25) is 5.91 Å². The highest BCUT2D eigenvalue weighted by molar-refractivity contribution is 7.99. The molecule has 138 valence electrons. The number of ether oxygens (including phenoxy) is 1. The van der Waals surface area contributed by atoms with Crippen molar-refractivity contribution in [3.8, 4) is 17.2 Å². The second-order valence-electron chi connectivity index (χ2n) is 5.55. The van der Waals surface area contributed by atoms with E-state index >= 15 is 0 Å². The first-order chi connectivity index (χ1) is 13.1. The largest absolute Gasteiger partial charge is 0.496 e. The molecular formula is C19H17N3O4S. The SMILES string of the molecule is COc1ccccc1-c1nnc(SCC(=O)Nc2cccc(C(C)=O)c2)o1. The molecule has 0 aliphatic rings. The zero-order chi connectivity index (χ0) is 19.2. The number of ketones is 1. The summed E-state index contributed by atoms with van der Waals surface area (Å²) in [7, 11) is 1.57. The van der Waals surface area contributed by atoms with Crippen molar-refractivity contribution in [3.63, 3.8) is 0 Å². The summed E-state index contributed by atoms with van der Waals surface area (Å²) in [6.07, 6.45) is 0. The maximum Gasteiger partial charge on any atom is 0.277 e. The van der Waals surface area contributed by atoms with Crippen LogP contribution in [0.1, 0.15) is 17.3 Å². The van der Waals surface area contributed by atoms with E-state index in [0.29, 0.717) is 28.5 Å². The molecule has 0 saturated heterocycles. The third-order valence-corrected chi connectivity index (χ3v) is 4.44. The van der Waals surface area contributed by atoms with Crippen LogP contribution in [-0.2, 0) is 4.79 Å². The number of nitrogens with zero attached hydrogens (tertiary/aromatic N) is 2. The van der Waals surface area contributed by atoms with Gasteiger partial charge in [0.05, 0.1) is 18.4 Å². The molecule has 3 rings (SSSR count). The number of benzene rings is 2. The molecule has 0 atom stereocenters. The lowest BCUT2D eigenvalue weighted by molar-refractivity contribution is -0.113. The van der Waals surface area contributed by atoms with E-state index < -0.39 is 0 Å². The Morgan fingerprint density at radius 2 is 1.96 bits per heavy atom. The standard InChI is InChI=1S/C19H17N3O4S/c1-12(23)13-6-5-7-14(10-13)20-17(24)11-27-19-22-21-18(26-19)15-8-3-4-9-16(15)25-2/h3-10H,11H2,1-2H3,(H,20,24). The van der Waals surface area contributed by atoms with Crippen molar-refractivity contribution in [2.24, 2.45) is 0 Å². The molecule has 0 radical (unpaired) electrons. The molecular weight excluding hydrogens is 366 g/mol. The van der Waals surface area contributed by atoms with E-state index in [1.807, 2.05) is 18.2 Å². The molecule has 1 amide bonds. The molecule has 3 aromatic rings. The summed E-state index contributed by atoms with van der Waals surface area (Å²) >= 11 is 1.13. The first-order valence-corrected chi connectivity index (χ1v) is 9.06. The number of thioether (sulfide) groups is 1. The van der Waals surface area contributed by atoms with E-state index in [1.165, 1.54) is 6.92 Å². The number of hydrogen-bond donors (Lipinski definition) is 1. The number of hydrogen-bond acceptors (Lipinski definition) is 7. The van der Waals surface area contributed by atoms with Crippen molar-refractivity contribution >= 4 is 29.1 Å². The van der Waals surface area contributed by atoms with Gasteiger partial charge in [-0.2, -0.15) is 0 Å². The minimum absolute atomic E-state index is 0.0600. The van der Waals surface area contributed by atoms with E-state index in [-0.39, 0.29) is 22.7 Å². The quantitative estimate of drug-likeness (QED) is 0.491. The molecule has 0 unspecified atom stereocenters. The average Bonchev–Trinajstić information content (AvgIpc) is 3.15. The van der Waals surface area contributed by atoms with E-state index in [0.717, 1.165) is 11.8 Å². The molecule has 2 aromatic carbocycles. The Morgan fingerprint density at radius 3 is 2.74 bits per heavy atom. The topological polar surface area (TPSA) is 94.3 Å². The number of amides is 1. The average molecular weight is 383 g/mol. The highest BCUT2D eigenvalue weighted by atomic mass is 32.2. The molecule has 0 spiro atoms. The van der Waals surface area contributed by atoms with Crippen LogP contribution in [0.15, 0.2) is 58.2 Å². The number of para-hydroxylation sites is 1. The van der Waals surface area contributed by atoms with Crippen LogP contribution in [0.4, 0.5) is 5.69 Å². The van der Waals surface area contributed by atoms with E-state index in [2.05, 4.69) is 15.5 Å². The fraction of sp³-hybridized carbons (Fsp3) is 0.158. The molecule has 1 heterocycles. The molecule has 0 aliphatic carbocycles. The Balaban J connectivity index is 1.61. The van der Waals surface area contributed by atoms with Crippen LogP contribution in [0, 0.1) is 0 Å². The van der Waals surface area contributed by atoms with Gasteiger partial charge in [-0.3, -0.25) is 9.59 Å². The van der Waals surface area contributed by atoms with Crippen molar-refractivity contribution in [3.05, 3.63) is 54.1 Å². The van der Waals surface area contributed by atoms with Crippen molar-refractivity contribution in [2.45, 2.75) is 12.1 Å². The summed E-state index contributed by atoms with van der Waals surface area (Å²) in [4.78, 5) is 23.5. The zero-order valence-electron chi connectivity index (χ0n) is 14.8. The minimum atomic E-state index is -0.238. The fourth-order valence-electron chi connectivity index (χ4n) is 2.34. The molecule has 0 aliphatic heterocycles. The highest BCUT2D eigenvalue weighted by Gasteiger charge is 2.14. The zero-order valence-corrected chi connectivity index (χ0v) is 15.6. The molecule has 8 heteroatoms. The van der Waals surface area contributed by atoms with Gasteiger partial charge in [-0.15, -0.1) is 10.2 Å². The number of methoxy groups -OCH3 is 1. The Hall–Kier alpha value is -3.13. The first kappa shape index (κ1) is 18.7. The van der Waals surface area contributed by atoms with Gasteiger partial charge in [0.25, 0.3) is 11.1 Å². The van der Waals surface area contributed by atoms with Crippen LogP contribution in [0.2, 0.25) is 0 Å². The van der Waals surface area contributed by atoms with Crippen molar-refractivity contribution < 1.29 is 18.7 Å². The lowest BCUT2D eigenvalue weighted by Crippen LogP contribution is -2.14. The van der Waals surface area contributed by atoms with Gasteiger partial charge < -0.3 is 14.5 Å². The number of aromatic nitrogens is 2. The molecule has 0 saturated carbocycles. The lowest BCUT2D eigenvalue weighted by atomic mass is 10.1. The predicted molar refractivity (Wildman–Crippen MR) is 102 cm³/mol. The number of anilines is 1. The molecule has 27 heavy (non-hydrogen) atoms. The van der Waals surface area contributed by atoms with E-state index in [9.17, 15) is 9.59 Å². The minimum Gasteiger partial charge on any atom is -0.496 e. The molecule has 1 N–H and O–H groups in total. The summed E-state index contributed by atoms with van der Waals surface area (Å²) < 4.78 is 10.9. The molecule has 7 nitrogen and oxygen atoms in total.